The Morgan fingerprint density at radius 2 is 1.02 bits per heavy atom. The molecular weight excluding hydrogens is 512 g/mol. The van der Waals surface area contributed by atoms with Gasteiger partial charge in [-0.05, 0) is 40.8 Å². The molecule has 0 saturated carbocycles. The summed E-state index contributed by atoms with van der Waals surface area (Å²) in [5.74, 6) is -0.478. The molecule has 6 rings (SSSR count). The second kappa shape index (κ2) is 13.0. The van der Waals surface area contributed by atoms with E-state index < -0.39 is 5.92 Å². The first-order valence-corrected chi connectivity index (χ1v) is 14.4. The van der Waals surface area contributed by atoms with Crippen LogP contribution < -0.4 is 0 Å². The Bertz CT molecular complexity index is 1630. The maximum atomic E-state index is 14.7. The van der Waals surface area contributed by atoms with E-state index in [2.05, 4.69) is 65.7 Å². The lowest BCUT2D eigenvalue weighted by molar-refractivity contribution is -0.115. The Balaban J connectivity index is 1.47. The van der Waals surface area contributed by atoms with E-state index in [9.17, 15) is 4.79 Å². The van der Waals surface area contributed by atoms with Crippen molar-refractivity contribution in [2.45, 2.75) is 24.8 Å². The smallest absolute Gasteiger partial charge is 0.175 e. The third-order valence-corrected chi connectivity index (χ3v) is 7.68. The minimum absolute atomic E-state index is 0.0848. The van der Waals surface area contributed by atoms with Gasteiger partial charge in [-0.2, -0.15) is 0 Å². The topological polar surface area (TPSA) is 42.3 Å². The number of nitrogens with zero attached hydrogens (tertiary/aromatic N) is 2. The Morgan fingerprint density at radius 3 is 1.50 bits per heavy atom. The second-order valence-electron chi connectivity index (χ2n) is 10.4. The van der Waals surface area contributed by atoms with Gasteiger partial charge in [0.1, 0.15) is 0 Å². The van der Waals surface area contributed by atoms with Crippen LogP contribution in [0.4, 0.5) is 0 Å². The standard InChI is InChI=1S/C39H32N2O/c42-39(37(31-20-9-3-10-21-31)32-22-11-4-12-23-32)35-26-15-25-34(35)38(41-28-33-24-13-14-27-40-33)36(29-16-5-1-6-17-29)30-18-7-2-8-19-30/h1-14,16-27,36-37H,15,28H2. The fourth-order valence-corrected chi connectivity index (χ4v) is 5.72. The maximum absolute atomic E-state index is 14.7. The number of carbonyl (C=O) groups is 1. The summed E-state index contributed by atoms with van der Waals surface area (Å²) in [4.78, 5) is 24.4. The summed E-state index contributed by atoms with van der Waals surface area (Å²) in [5.41, 5.74) is 7.63. The molecule has 0 atom stereocenters. The van der Waals surface area contributed by atoms with Crippen LogP contribution in [0.25, 0.3) is 0 Å². The summed E-state index contributed by atoms with van der Waals surface area (Å²) >= 11 is 0. The van der Waals surface area contributed by atoms with Gasteiger partial charge in [-0.1, -0.05) is 140 Å². The predicted octanol–water partition coefficient (Wildman–Crippen LogP) is 8.51. The van der Waals surface area contributed by atoms with Crippen molar-refractivity contribution in [2.75, 3.05) is 0 Å². The van der Waals surface area contributed by atoms with Crippen LogP contribution in [0.2, 0.25) is 0 Å². The molecule has 0 N–H and O–H groups in total. The number of carbonyl (C=O) groups excluding carboxylic acids is 1. The van der Waals surface area contributed by atoms with Crippen LogP contribution in [-0.2, 0) is 11.3 Å². The molecular formula is C39H32N2O. The van der Waals surface area contributed by atoms with Crippen molar-refractivity contribution >= 4 is 11.5 Å². The summed E-state index contributed by atoms with van der Waals surface area (Å²) in [6, 6.07) is 46.9. The molecule has 0 unspecified atom stereocenters. The molecule has 42 heavy (non-hydrogen) atoms. The lowest BCUT2D eigenvalue weighted by Crippen LogP contribution is -2.23. The van der Waals surface area contributed by atoms with Gasteiger partial charge in [0, 0.05) is 17.3 Å². The van der Waals surface area contributed by atoms with Crippen LogP contribution in [-0.4, -0.2) is 16.5 Å². The summed E-state index contributed by atoms with van der Waals surface area (Å²) < 4.78 is 0. The number of ketones is 1. The SMILES string of the molecule is O=C(C1=CCC=C1C(=NCc1ccccn1)C(c1ccccc1)c1ccccc1)C(c1ccccc1)c1ccccc1. The fourth-order valence-electron chi connectivity index (χ4n) is 5.72. The molecule has 5 aromatic rings. The molecule has 1 aliphatic rings. The van der Waals surface area contributed by atoms with Gasteiger partial charge in [0.25, 0.3) is 0 Å². The van der Waals surface area contributed by atoms with Gasteiger partial charge in [0.05, 0.1) is 29.8 Å². The van der Waals surface area contributed by atoms with E-state index in [1.54, 1.807) is 6.20 Å². The first-order valence-electron chi connectivity index (χ1n) is 14.4. The third-order valence-electron chi connectivity index (χ3n) is 7.68. The zero-order valence-corrected chi connectivity index (χ0v) is 23.4. The van der Waals surface area contributed by atoms with Gasteiger partial charge < -0.3 is 0 Å². The predicted molar refractivity (Wildman–Crippen MR) is 171 cm³/mol. The quantitative estimate of drug-likeness (QED) is 0.165. The van der Waals surface area contributed by atoms with Crippen molar-refractivity contribution in [3.8, 4) is 0 Å². The number of rotatable bonds is 10. The van der Waals surface area contributed by atoms with Crippen LogP contribution in [0.1, 0.15) is 46.2 Å². The average Bonchev–Trinajstić information content (AvgIpc) is 3.55. The van der Waals surface area contributed by atoms with E-state index in [0.717, 1.165) is 44.8 Å². The van der Waals surface area contributed by atoms with Crippen molar-refractivity contribution in [3.63, 3.8) is 0 Å². The van der Waals surface area contributed by atoms with Gasteiger partial charge in [-0.3, -0.25) is 14.8 Å². The first kappa shape index (κ1) is 27.0. The number of allylic oxidation sites excluding steroid dienone is 4. The minimum atomic E-state index is -0.413. The zero-order chi connectivity index (χ0) is 28.6. The van der Waals surface area contributed by atoms with E-state index in [1.165, 1.54) is 0 Å². The van der Waals surface area contributed by atoms with Crippen molar-refractivity contribution < 1.29 is 4.79 Å². The van der Waals surface area contributed by atoms with Gasteiger partial charge in [0.2, 0.25) is 0 Å². The van der Waals surface area contributed by atoms with Crippen LogP contribution in [0, 0.1) is 0 Å². The van der Waals surface area contributed by atoms with Gasteiger partial charge >= 0.3 is 0 Å². The van der Waals surface area contributed by atoms with Crippen LogP contribution in [0.3, 0.4) is 0 Å². The van der Waals surface area contributed by atoms with Crippen LogP contribution in [0.5, 0.6) is 0 Å². The highest BCUT2D eigenvalue weighted by Crippen LogP contribution is 2.38. The summed E-state index contributed by atoms with van der Waals surface area (Å²) in [7, 11) is 0. The maximum Gasteiger partial charge on any atom is 0.175 e. The molecule has 204 valence electrons. The number of aromatic nitrogens is 1. The molecule has 0 radical (unpaired) electrons. The van der Waals surface area contributed by atoms with Crippen LogP contribution in [0.15, 0.2) is 174 Å². The van der Waals surface area contributed by atoms with E-state index in [-0.39, 0.29) is 11.7 Å². The number of pyridine rings is 1. The summed E-state index contributed by atoms with van der Waals surface area (Å²) in [6.07, 6.45) is 6.71. The number of hydrogen-bond donors (Lipinski definition) is 0. The van der Waals surface area contributed by atoms with E-state index in [4.69, 9.17) is 4.99 Å². The van der Waals surface area contributed by atoms with Crippen molar-refractivity contribution in [1.29, 1.82) is 0 Å². The van der Waals surface area contributed by atoms with Gasteiger partial charge in [-0.25, -0.2) is 0 Å². The lowest BCUT2D eigenvalue weighted by atomic mass is 9.78. The Labute approximate surface area is 247 Å². The highest BCUT2D eigenvalue weighted by atomic mass is 16.1. The molecule has 0 bridgehead atoms. The number of Topliss-reactive ketones (excluding diaryl/α,β-unsaturated/α-hetero) is 1. The molecule has 0 aliphatic heterocycles. The Kier molecular flexibility index (Phi) is 8.38. The molecule has 3 heteroatoms. The van der Waals surface area contributed by atoms with Gasteiger partial charge in [0.15, 0.2) is 5.78 Å². The summed E-state index contributed by atoms with van der Waals surface area (Å²) in [6.45, 7) is 0.423. The highest BCUT2D eigenvalue weighted by Gasteiger charge is 2.33. The molecule has 1 heterocycles. The average molecular weight is 545 g/mol. The molecule has 0 spiro atoms. The van der Waals surface area contributed by atoms with Crippen LogP contribution >= 0.6 is 0 Å². The molecule has 0 fully saturated rings. The number of benzene rings is 4. The lowest BCUT2D eigenvalue weighted by Gasteiger charge is -2.25. The monoisotopic (exact) mass is 544 g/mol. The fraction of sp³-hybridized carbons (Fsp3) is 0.103. The normalized spacial score (nSPS) is 13.2. The molecule has 3 nitrogen and oxygen atoms in total. The molecule has 1 aromatic heterocycles. The molecule has 0 amide bonds. The molecule has 0 saturated heterocycles. The van der Waals surface area contributed by atoms with E-state index in [1.807, 2.05) is 91.0 Å². The van der Waals surface area contributed by atoms with E-state index >= 15 is 0 Å². The van der Waals surface area contributed by atoms with Crippen molar-refractivity contribution in [3.05, 3.63) is 197 Å². The first-order chi connectivity index (χ1) is 20.8. The van der Waals surface area contributed by atoms with Crippen molar-refractivity contribution in [1.82, 2.24) is 4.98 Å². The highest BCUT2D eigenvalue weighted by molar-refractivity contribution is 6.20. The summed E-state index contributed by atoms with van der Waals surface area (Å²) in [5, 5.41) is 0. The number of aliphatic imine (C=N–C) groups is 1. The number of hydrogen-bond acceptors (Lipinski definition) is 3. The van der Waals surface area contributed by atoms with Crippen molar-refractivity contribution in [2.24, 2.45) is 4.99 Å². The third kappa shape index (κ3) is 5.96. The Hall–Kier alpha value is -5.15. The largest absolute Gasteiger partial charge is 0.293 e. The zero-order valence-electron chi connectivity index (χ0n) is 23.4. The second-order valence-corrected chi connectivity index (χ2v) is 10.4. The van der Waals surface area contributed by atoms with E-state index in [0.29, 0.717) is 13.0 Å². The Morgan fingerprint density at radius 1 is 0.571 bits per heavy atom. The molecule has 1 aliphatic carbocycles. The van der Waals surface area contributed by atoms with Gasteiger partial charge in [-0.15, -0.1) is 0 Å². The minimum Gasteiger partial charge on any atom is -0.293 e. The molecule has 4 aromatic carbocycles.